The summed E-state index contributed by atoms with van der Waals surface area (Å²) in [7, 11) is 0. The van der Waals surface area contributed by atoms with Gasteiger partial charge in [0.1, 0.15) is 5.60 Å². The maximum absolute atomic E-state index is 11.8. The summed E-state index contributed by atoms with van der Waals surface area (Å²) >= 11 is 0. The number of carbonyl (C=O) groups is 1. The lowest BCUT2D eigenvalue weighted by molar-refractivity contribution is 0.0186. The van der Waals surface area contributed by atoms with Gasteiger partial charge < -0.3 is 20.1 Å². The molecule has 1 aliphatic heterocycles. The number of nitrogens with one attached hydrogen (secondary N) is 1. The van der Waals surface area contributed by atoms with Gasteiger partial charge in [-0.1, -0.05) is 0 Å². The standard InChI is InChI=1S/C11H22N2O3/c1-11(2,3)16-10(15)13-6-5-12-9(8-13)4-7-14/h9,12,14H,4-8H2,1-3H3. The van der Waals surface area contributed by atoms with Crippen molar-refractivity contribution in [2.24, 2.45) is 0 Å². The Morgan fingerprint density at radius 3 is 2.81 bits per heavy atom. The fraction of sp³-hybridized carbons (Fsp3) is 0.909. The minimum atomic E-state index is -0.450. The number of rotatable bonds is 2. The number of carbonyl (C=O) groups excluding carboxylic acids is 1. The number of amides is 1. The predicted octanol–water partition coefficient (Wildman–Crippen LogP) is 0.578. The molecule has 0 saturated carbocycles. The van der Waals surface area contributed by atoms with E-state index < -0.39 is 5.60 Å². The van der Waals surface area contributed by atoms with Crippen molar-refractivity contribution in [2.45, 2.75) is 38.8 Å². The van der Waals surface area contributed by atoms with Gasteiger partial charge in [-0.2, -0.15) is 0 Å². The van der Waals surface area contributed by atoms with Crippen molar-refractivity contribution >= 4 is 6.09 Å². The van der Waals surface area contributed by atoms with Crippen molar-refractivity contribution in [2.75, 3.05) is 26.2 Å². The van der Waals surface area contributed by atoms with Crippen molar-refractivity contribution in [1.29, 1.82) is 0 Å². The van der Waals surface area contributed by atoms with Crippen LogP contribution >= 0.6 is 0 Å². The van der Waals surface area contributed by atoms with Gasteiger partial charge >= 0.3 is 6.09 Å². The second kappa shape index (κ2) is 5.50. The van der Waals surface area contributed by atoms with E-state index in [0.717, 1.165) is 6.54 Å². The number of hydrogen-bond acceptors (Lipinski definition) is 4. The molecule has 0 spiro atoms. The summed E-state index contributed by atoms with van der Waals surface area (Å²) in [6.07, 6.45) is 0.399. The first kappa shape index (κ1) is 13.3. The molecule has 1 aliphatic rings. The summed E-state index contributed by atoms with van der Waals surface area (Å²) in [6.45, 7) is 7.74. The zero-order valence-corrected chi connectivity index (χ0v) is 10.3. The van der Waals surface area contributed by atoms with Crippen molar-refractivity contribution in [3.63, 3.8) is 0 Å². The first-order valence-electron chi connectivity index (χ1n) is 5.74. The first-order valence-corrected chi connectivity index (χ1v) is 5.74. The van der Waals surface area contributed by atoms with E-state index in [1.54, 1.807) is 4.90 Å². The predicted molar refractivity (Wildman–Crippen MR) is 61.3 cm³/mol. The summed E-state index contributed by atoms with van der Waals surface area (Å²) in [5.74, 6) is 0. The van der Waals surface area contributed by atoms with Crippen LogP contribution in [0.25, 0.3) is 0 Å². The van der Waals surface area contributed by atoms with Crippen molar-refractivity contribution in [3.05, 3.63) is 0 Å². The zero-order valence-electron chi connectivity index (χ0n) is 10.3. The molecule has 1 unspecified atom stereocenters. The van der Waals surface area contributed by atoms with Gasteiger partial charge in [0.05, 0.1) is 0 Å². The summed E-state index contributed by atoms with van der Waals surface area (Å²) in [5.41, 5.74) is -0.450. The molecule has 2 N–H and O–H groups in total. The van der Waals surface area contributed by atoms with Gasteiger partial charge in [0.15, 0.2) is 0 Å². The zero-order chi connectivity index (χ0) is 12.2. The lowest BCUT2D eigenvalue weighted by Gasteiger charge is -2.34. The molecule has 5 nitrogen and oxygen atoms in total. The first-order chi connectivity index (χ1) is 7.42. The van der Waals surface area contributed by atoms with Crippen molar-refractivity contribution < 1.29 is 14.6 Å². The van der Waals surface area contributed by atoms with Crippen LogP contribution in [0, 0.1) is 0 Å². The minimum absolute atomic E-state index is 0.139. The summed E-state index contributed by atoms with van der Waals surface area (Å²) < 4.78 is 5.30. The van der Waals surface area contributed by atoms with Crippen molar-refractivity contribution in [1.82, 2.24) is 10.2 Å². The molecule has 1 atom stereocenters. The fourth-order valence-electron chi connectivity index (χ4n) is 1.67. The SMILES string of the molecule is CC(C)(C)OC(=O)N1CCNC(CCO)C1. The van der Waals surface area contributed by atoms with Crippen LogP contribution in [-0.2, 0) is 4.74 Å². The van der Waals surface area contributed by atoms with E-state index in [9.17, 15) is 4.79 Å². The van der Waals surface area contributed by atoms with E-state index >= 15 is 0 Å². The number of aliphatic hydroxyl groups excluding tert-OH is 1. The molecule has 1 fully saturated rings. The fourth-order valence-corrected chi connectivity index (χ4v) is 1.67. The average molecular weight is 230 g/mol. The smallest absolute Gasteiger partial charge is 0.410 e. The van der Waals surface area contributed by atoms with Gasteiger partial charge in [-0.15, -0.1) is 0 Å². The molecular formula is C11H22N2O3. The third kappa shape index (κ3) is 4.37. The van der Waals surface area contributed by atoms with Gasteiger partial charge in [0, 0.05) is 32.3 Å². The lowest BCUT2D eigenvalue weighted by atomic mass is 10.1. The largest absolute Gasteiger partial charge is 0.444 e. The van der Waals surface area contributed by atoms with Gasteiger partial charge in [0.2, 0.25) is 0 Å². The van der Waals surface area contributed by atoms with Crippen LogP contribution in [0.4, 0.5) is 4.79 Å². The van der Waals surface area contributed by atoms with E-state index in [4.69, 9.17) is 9.84 Å². The van der Waals surface area contributed by atoms with Crippen LogP contribution in [0.1, 0.15) is 27.2 Å². The number of ether oxygens (including phenoxy) is 1. The van der Waals surface area contributed by atoms with Crippen LogP contribution < -0.4 is 5.32 Å². The Labute approximate surface area is 96.8 Å². The van der Waals surface area contributed by atoms with E-state index in [1.807, 2.05) is 20.8 Å². The molecule has 0 bridgehead atoms. The molecule has 94 valence electrons. The van der Waals surface area contributed by atoms with E-state index in [2.05, 4.69) is 5.32 Å². The maximum atomic E-state index is 11.8. The molecule has 0 radical (unpaired) electrons. The highest BCUT2D eigenvalue weighted by molar-refractivity contribution is 5.68. The van der Waals surface area contributed by atoms with Gasteiger partial charge in [-0.25, -0.2) is 4.79 Å². The van der Waals surface area contributed by atoms with E-state index in [1.165, 1.54) is 0 Å². The Hall–Kier alpha value is -0.810. The molecule has 1 amide bonds. The molecule has 0 aromatic rings. The molecule has 0 aromatic heterocycles. The monoisotopic (exact) mass is 230 g/mol. The third-order valence-electron chi connectivity index (χ3n) is 2.38. The second-order valence-electron chi connectivity index (χ2n) is 5.09. The molecule has 1 saturated heterocycles. The third-order valence-corrected chi connectivity index (χ3v) is 2.38. The Kier molecular flexibility index (Phi) is 4.56. The average Bonchev–Trinajstić information content (AvgIpc) is 2.16. The normalized spacial score (nSPS) is 22.0. The minimum Gasteiger partial charge on any atom is -0.444 e. The van der Waals surface area contributed by atoms with E-state index in [0.29, 0.717) is 19.5 Å². The van der Waals surface area contributed by atoms with E-state index in [-0.39, 0.29) is 18.7 Å². The van der Waals surface area contributed by atoms with Crippen LogP contribution in [-0.4, -0.2) is 54.0 Å². The molecule has 16 heavy (non-hydrogen) atoms. The summed E-state index contributed by atoms with van der Waals surface area (Å²) in [6, 6.07) is 0.172. The quantitative estimate of drug-likeness (QED) is 0.728. The summed E-state index contributed by atoms with van der Waals surface area (Å²) in [5, 5.41) is 12.1. The molecular weight excluding hydrogens is 208 g/mol. The van der Waals surface area contributed by atoms with Crippen LogP contribution in [0.2, 0.25) is 0 Å². The Morgan fingerprint density at radius 2 is 2.25 bits per heavy atom. The highest BCUT2D eigenvalue weighted by atomic mass is 16.6. The number of hydrogen-bond donors (Lipinski definition) is 2. The highest BCUT2D eigenvalue weighted by Gasteiger charge is 2.26. The summed E-state index contributed by atoms with van der Waals surface area (Å²) in [4.78, 5) is 13.5. The van der Waals surface area contributed by atoms with Crippen molar-refractivity contribution in [3.8, 4) is 0 Å². The second-order valence-corrected chi connectivity index (χ2v) is 5.09. The lowest BCUT2D eigenvalue weighted by Crippen LogP contribution is -2.53. The molecule has 5 heteroatoms. The number of aliphatic hydroxyl groups is 1. The Balaban J connectivity index is 2.44. The number of piperazine rings is 1. The Morgan fingerprint density at radius 1 is 1.56 bits per heavy atom. The number of nitrogens with zero attached hydrogens (tertiary/aromatic N) is 1. The molecule has 0 aromatic carbocycles. The maximum Gasteiger partial charge on any atom is 0.410 e. The molecule has 1 heterocycles. The molecule has 1 rings (SSSR count). The van der Waals surface area contributed by atoms with Gasteiger partial charge in [0.25, 0.3) is 0 Å². The van der Waals surface area contributed by atoms with Crippen LogP contribution in [0.5, 0.6) is 0 Å². The van der Waals surface area contributed by atoms with Crippen LogP contribution in [0.15, 0.2) is 0 Å². The van der Waals surface area contributed by atoms with Crippen LogP contribution in [0.3, 0.4) is 0 Å². The van der Waals surface area contributed by atoms with Gasteiger partial charge in [-0.05, 0) is 27.2 Å². The molecule has 0 aliphatic carbocycles. The van der Waals surface area contributed by atoms with Gasteiger partial charge in [-0.3, -0.25) is 0 Å². The topological polar surface area (TPSA) is 61.8 Å². The highest BCUT2D eigenvalue weighted by Crippen LogP contribution is 2.11. The Bertz CT molecular complexity index is 236.